The van der Waals surface area contributed by atoms with Crippen LogP contribution in [0.4, 0.5) is 0 Å². The first-order valence-electron chi connectivity index (χ1n) is 7.07. The lowest BCUT2D eigenvalue weighted by Gasteiger charge is -2.36. The maximum Gasteiger partial charge on any atom is 0.245 e. The maximum absolute atomic E-state index is 12.2. The number of carbonyl (C=O) groups excluding carboxylic acids is 2. The van der Waals surface area contributed by atoms with E-state index in [4.69, 9.17) is 0 Å². The fraction of sp³-hybridized carbons (Fsp3) is 0.846. The molecule has 5 nitrogen and oxygen atoms in total. The van der Waals surface area contributed by atoms with Crippen molar-refractivity contribution in [3.63, 3.8) is 0 Å². The monoisotopic (exact) mass is 251 g/mol. The molecule has 1 aliphatic carbocycles. The number of nitrogens with zero attached hydrogens (tertiary/aromatic N) is 2. The summed E-state index contributed by atoms with van der Waals surface area (Å²) < 4.78 is 0. The molecule has 0 spiro atoms. The Bertz CT molecular complexity index is 354. The Kier molecular flexibility index (Phi) is 3.24. The summed E-state index contributed by atoms with van der Waals surface area (Å²) in [6.07, 6.45) is 5.35. The summed E-state index contributed by atoms with van der Waals surface area (Å²) in [7, 11) is 0. The van der Waals surface area contributed by atoms with Gasteiger partial charge in [0.2, 0.25) is 11.8 Å². The molecule has 100 valence electrons. The van der Waals surface area contributed by atoms with Crippen LogP contribution in [0, 0.1) is 0 Å². The van der Waals surface area contributed by atoms with Crippen molar-refractivity contribution in [3.05, 3.63) is 0 Å². The highest BCUT2D eigenvalue weighted by molar-refractivity contribution is 5.95. The van der Waals surface area contributed by atoms with Crippen LogP contribution < -0.4 is 5.32 Å². The van der Waals surface area contributed by atoms with E-state index < -0.39 is 0 Å². The predicted molar refractivity (Wildman–Crippen MR) is 67.0 cm³/mol. The van der Waals surface area contributed by atoms with Gasteiger partial charge in [-0.25, -0.2) is 0 Å². The molecule has 0 radical (unpaired) electrons. The van der Waals surface area contributed by atoms with Crippen molar-refractivity contribution >= 4 is 11.8 Å². The average molecular weight is 251 g/mol. The third kappa shape index (κ3) is 2.36. The number of amides is 2. The van der Waals surface area contributed by atoms with E-state index in [2.05, 4.69) is 5.32 Å². The Balaban J connectivity index is 1.48. The van der Waals surface area contributed by atoms with Crippen molar-refractivity contribution in [2.45, 2.75) is 44.2 Å². The van der Waals surface area contributed by atoms with Gasteiger partial charge in [-0.05, 0) is 38.6 Å². The summed E-state index contributed by atoms with van der Waals surface area (Å²) in [5.74, 6) is 0.297. The number of piperazine rings is 1. The van der Waals surface area contributed by atoms with Gasteiger partial charge in [-0.2, -0.15) is 0 Å². The van der Waals surface area contributed by atoms with Gasteiger partial charge in [0, 0.05) is 19.1 Å². The molecule has 0 aromatic carbocycles. The Morgan fingerprint density at radius 2 is 2.06 bits per heavy atom. The summed E-state index contributed by atoms with van der Waals surface area (Å²) >= 11 is 0. The number of fused-ring (bicyclic) bond motifs is 1. The van der Waals surface area contributed by atoms with E-state index >= 15 is 0 Å². The van der Waals surface area contributed by atoms with Gasteiger partial charge in [0.1, 0.15) is 6.04 Å². The second kappa shape index (κ2) is 4.88. The number of nitrogens with one attached hydrogen (secondary N) is 1. The third-order valence-corrected chi connectivity index (χ3v) is 4.11. The van der Waals surface area contributed by atoms with Gasteiger partial charge in [-0.3, -0.25) is 9.59 Å². The summed E-state index contributed by atoms with van der Waals surface area (Å²) in [5, 5.41) is 3.44. The topological polar surface area (TPSA) is 52.7 Å². The molecule has 3 rings (SSSR count). The van der Waals surface area contributed by atoms with Crippen LogP contribution in [0.2, 0.25) is 0 Å². The Labute approximate surface area is 107 Å². The smallest absolute Gasteiger partial charge is 0.245 e. The molecule has 2 heterocycles. The highest BCUT2D eigenvalue weighted by Gasteiger charge is 2.41. The molecule has 3 fully saturated rings. The molecule has 1 unspecified atom stereocenters. The number of hydrogen-bond acceptors (Lipinski definition) is 3. The zero-order valence-corrected chi connectivity index (χ0v) is 10.7. The molecular formula is C13H21N3O2. The number of hydrogen-bond donors (Lipinski definition) is 1. The molecule has 2 amide bonds. The van der Waals surface area contributed by atoms with Gasteiger partial charge in [0.25, 0.3) is 0 Å². The van der Waals surface area contributed by atoms with E-state index in [0.29, 0.717) is 19.1 Å². The lowest BCUT2D eigenvalue weighted by molar-refractivity contribution is -0.153. The van der Waals surface area contributed by atoms with Crippen molar-refractivity contribution in [3.8, 4) is 0 Å². The zero-order valence-electron chi connectivity index (χ0n) is 10.7. The molecule has 1 atom stereocenters. The van der Waals surface area contributed by atoms with E-state index in [0.717, 1.165) is 32.4 Å². The van der Waals surface area contributed by atoms with E-state index in [1.165, 1.54) is 12.8 Å². The molecule has 5 heteroatoms. The third-order valence-electron chi connectivity index (χ3n) is 4.11. The van der Waals surface area contributed by atoms with Crippen LogP contribution in [0.15, 0.2) is 0 Å². The van der Waals surface area contributed by atoms with Crippen molar-refractivity contribution in [2.75, 3.05) is 26.2 Å². The summed E-state index contributed by atoms with van der Waals surface area (Å²) in [5.41, 5.74) is 0. The lowest BCUT2D eigenvalue weighted by atomic mass is 10.1. The average Bonchev–Trinajstić information content (AvgIpc) is 3.04. The molecule has 0 bridgehead atoms. The molecule has 1 saturated carbocycles. The highest BCUT2D eigenvalue weighted by Crippen LogP contribution is 2.23. The van der Waals surface area contributed by atoms with Crippen molar-refractivity contribution in [1.82, 2.24) is 15.1 Å². The molecule has 2 aliphatic heterocycles. The molecule has 1 N–H and O–H groups in total. The van der Waals surface area contributed by atoms with Gasteiger partial charge >= 0.3 is 0 Å². The van der Waals surface area contributed by atoms with Crippen LogP contribution in [0.25, 0.3) is 0 Å². The first kappa shape index (κ1) is 12.0. The Morgan fingerprint density at radius 1 is 1.22 bits per heavy atom. The van der Waals surface area contributed by atoms with Crippen LogP contribution in [0.3, 0.4) is 0 Å². The molecular weight excluding hydrogens is 230 g/mol. The normalized spacial score (nSPS) is 27.9. The van der Waals surface area contributed by atoms with Gasteiger partial charge in [0.05, 0.1) is 6.54 Å². The SMILES string of the molecule is O=C1C2CCCN2C(=O)CN1CCCNC1CC1. The first-order valence-corrected chi connectivity index (χ1v) is 7.07. The summed E-state index contributed by atoms with van der Waals surface area (Å²) in [4.78, 5) is 27.6. The molecule has 2 saturated heterocycles. The van der Waals surface area contributed by atoms with Crippen LogP contribution in [-0.2, 0) is 9.59 Å². The van der Waals surface area contributed by atoms with Crippen LogP contribution in [0.1, 0.15) is 32.1 Å². The first-order chi connectivity index (χ1) is 8.75. The number of rotatable bonds is 5. The Morgan fingerprint density at radius 3 is 2.83 bits per heavy atom. The molecule has 0 aromatic heterocycles. The van der Waals surface area contributed by atoms with Crippen LogP contribution in [-0.4, -0.2) is 59.9 Å². The fourth-order valence-corrected chi connectivity index (χ4v) is 2.92. The molecule has 3 aliphatic rings. The minimum atomic E-state index is -0.150. The standard InChI is InChI=1S/C13H21N3O2/c17-12-9-15(7-2-6-14-10-4-5-10)13(18)11-3-1-8-16(11)12/h10-11,14H,1-9H2. The minimum Gasteiger partial charge on any atom is -0.332 e. The predicted octanol–water partition coefficient (Wildman–Crippen LogP) is -0.0383. The van der Waals surface area contributed by atoms with Crippen molar-refractivity contribution in [2.24, 2.45) is 0 Å². The van der Waals surface area contributed by atoms with Crippen molar-refractivity contribution in [1.29, 1.82) is 0 Å². The Hall–Kier alpha value is -1.10. The van der Waals surface area contributed by atoms with E-state index in [-0.39, 0.29) is 17.9 Å². The maximum atomic E-state index is 12.2. The summed E-state index contributed by atoms with van der Waals surface area (Å²) in [6, 6.07) is 0.566. The lowest BCUT2D eigenvalue weighted by Crippen LogP contribution is -2.57. The molecule has 0 aromatic rings. The van der Waals surface area contributed by atoms with Gasteiger partial charge in [0.15, 0.2) is 0 Å². The zero-order chi connectivity index (χ0) is 12.5. The highest BCUT2D eigenvalue weighted by atomic mass is 16.2. The second-order valence-electron chi connectivity index (χ2n) is 5.59. The van der Waals surface area contributed by atoms with Crippen molar-refractivity contribution < 1.29 is 9.59 Å². The van der Waals surface area contributed by atoms with Gasteiger partial charge < -0.3 is 15.1 Å². The van der Waals surface area contributed by atoms with E-state index in [1.807, 2.05) is 0 Å². The van der Waals surface area contributed by atoms with Gasteiger partial charge in [-0.15, -0.1) is 0 Å². The summed E-state index contributed by atoms with van der Waals surface area (Å²) in [6.45, 7) is 2.73. The van der Waals surface area contributed by atoms with Crippen LogP contribution >= 0.6 is 0 Å². The second-order valence-corrected chi connectivity index (χ2v) is 5.59. The largest absolute Gasteiger partial charge is 0.332 e. The van der Waals surface area contributed by atoms with Crippen LogP contribution in [0.5, 0.6) is 0 Å². The quantitative estimate of drug-likeness (QED) is 0.698. The number of carbonyl (C=O) groups is 2. The minimum absolute atomic E-state index is 0.132. The van der Waals surface area contributed by atoms with Gasteiger partial charge in [-0.1, -0.05) is 0 Å². The fourth-order valence-electron chi connectivity index (χ4n) is 2.92. The van der Waals surface area contributed by atoms with E-state index in [1.54, 1.807) is 9.80 Å². The van der Waals surface area contributed by atoms with E-state index in [9.17, 15) is 9.59 Å². The molecule has 18 heavy (non-hydrogen) atoms.